The van der Waals surface area contributed by atoms with E-state index in [1.807, 2.05) is 24.3 Å². The summed E-state index contributed by atoms with van der Waals surface area (Å²) in [6.07, 6.45) is 4.03. The van der Waals surface area contributed by atoms with E-state index in [4.69, 9.17) is 4.74 Å². The van der Waals surface area contributed by atoms with Crippen LogP contribution in [0, 0.1) is 3.57 Å². The van der Waals surface area contributed by atoms with Gasteiger partial charge in [0.15, 0.2) is 5.78 Å². The van der Waals surface area contributed by atoms with E-state index in [0.29, 0.717) is 12.5 Å². The molecule has 1 aromatic carbocycles. The first-order valence-electron chi connectivity index (χ1n) is 5.66. The third-order valence-electron chi connectivity index (χ3n) is 2.89. The van der Waals surface area contributed by atoms with E-state index in [0.717, 1.165) is 35.0 Å². The third-order valence-corrected chi connectivity index (χ3v) is 3.83. The molecule has 2 nitrogen and oxygen atoms in total. The van der Waals surface area contributed by atoms with Crippen LogP contribution in [-0.4, -0.2) is 18.5 Å². The van der Waals surface area contributed by atoms with Crippen LogP contribution in [0.4, 0.5) is 0 Å². The van der Waals surface area contributed by atoms with Gasteiger partial charge in [-0.2, -0.15) is 0 Å². The van der Waals surface area contributed by atoms with Crippen molar-refractivity contribution in [1.29, 1.82) is 0 Å². The lowest BCUT2D eigenvalue weighted by molar-refractivity contribution is 0.0859. The summed E-state index contributed by atoms with van der Waals surface area (Å²) in [5.41, 5.74) is 0.848. The Kier molecular flexibility index (Phi) is 4.35. The molecule has 1 saturated heterocycles. The average molecular weight is 330 g/mol. The fraction of sp³-hybridized carbons (Fsp3) is 0.462. The Balaban J connectivity index is 1.90. The summed E-state index contributed by atoms with van der Waals surface area (Å²) in [6, 6.07) is 7.75. The fourth-order valence-electron chi connectivity index (χ4n) is 1.99. The monoisotopic (exact) mass is 330 g/mol. The minimum absolute atomic E-state index is 0.237. The van der Waals surface area contributed by atoms with Gasteiger partial charge in [0.2, 0.25) is 0 Å². The zero-order chi connectivity index (χ0) is 11.4. The van der Waals surface area contributed by atoms with Gasteiger partial charge in [-0.25, -0.2) is 0 Å². The van der Waals surface area contributed by atoms with Crippen LogP contribution in [0.1, 0.15) is 36.0 Å². The lowest BCUT2D eigenvalue weighted by Crippen LogP contribution is -2.09. The Bertz CT molecular complexity index is 370. The number of rotatable bonds is 4. The molecule has 0 bridgehead atoms. The van der Waals surface area contributed by atoms with Crippen molar-refractivity contribution in [2.45, 2.75) is 31.8 Å². The molecule has 1 aromatic rings. The largest absolute Gasteiger partial charge is 0.378 e. The standard InChI is InChI=1S/C13H15IO2/c14-12-6-2-1-5-11(12)13(15)8-7-10-4-3-9-16-10/h1-2,5-6,10H,3-4,7-9H2. The highest BCUT2D eigenvalue weighted by molar-refractivity contribution is 14.1. The molecule has 16 heavy (non-hydrogen) atoms. The molecule has 0 radical (unpaired) electrons. The molecule has 1 atom stereocenters. The normalized spacial score (nSPS) is 19.9. The summed E-state index contributed by atoms with van der Waals surface area (Å²) in [6.45, 7) is 0.863. The zero-order valence-corrected chi connectivity index (χ0v) is 11.3. The van der Waals surface area contributed by atoms with Crippen LogP contribution in [0.3, 0.4) is 0 Å². The molecule has 1 aliphatic rings. The highest BCUT2D eigenvalue weighted by atomic mass is 127. The molecular formula is C13H15IO2. The third kappa shape index (κ3) is 3.04. The summed E-state index contributed by atoms with van der Waals surface area (Å²) in [4.78, 5) is 12.0. The van der Waals surface area contributed by atoms with Gasteiger partial charge in [-0.1, -0.05) is 18.2 Å². The van der Waals surface area contributed by atoms with Crippen molar-refractivity contribution in [2.75, 3.05) is 6.61 Å². The smallest absolute Gasteiger partial charge is 0.164 e. The molecule has 1 heterocycles. The van der Waals surface area contributed by atoms with Gasteiger partial charge < -0.3 is 4.74 Å². The van der Waals surface area contributed by atoms with Crippen LogP contribution < -0.4 is 0 Å². The van der Waals surface area contributed by atoms with E-state index in [-0.39, 0.29) is 5.78 Å². The summed E-state index contributed by atoms with van der Waals surface area (Å²) in [5, 5.41) is 0. The molecule has 1 aliphatic heterocycles. The van der Waals surface area contributed by atoms with Gasteiger partial charge in [0.25, 0.3) is 0 Å². The topological polar surface area (TPSA) is 26.3 Å². The first kappa shape index (κ1) is 12.0. The molecule has 0 spiro atoms. The van der Waals surface area contributed by atoms with Gasteiger partial charge in [-0.3, -0.25) is 4.79 Å². The Morgan fingerprint density at radius 2 is 2.25 bits per heavy atom. The number of carbonyl (C=O) groups is 1. The first-order chi connectivity index (χ1) is 7.77. The number of ether oxygens (including phenoxy) is 1. The van der Waals surface area contributed by atoms with Gasteiger partial charge >= 0.3 is 0 Å². The van der Waals surface area contributed by atoms with E-state index >= 15 is 0 Å². The summed E-state index contributed by atoms with van der Waals surface area (Å²) in [7, 11) is 0. The number of benzene rings is 1. The van der Waals surface area contributed by atoms with Crippen LogP contribution in [0.5, 0.6) is 0 Å². The molecule has 3 heteroatoms. The quantitative estimate of drug-likeness (QED) is 0.625. The second-order valence-electron chi connectivity index (χ2n) is 4.08. The number of ketones is 1. The van der Waals surface area contributed by atoms with Crippen LogP contribution in [0.25, 0.3) is 0 Å². The molecule has 86 valence electrons. The van der Waals surface area contributed by atoms with E-state index in [2.05, 4.69) is 22.6 Å². The Labute approximate surface area is 110 Å². The SMILES string of the molecule is O=C(CCC1CCCO1)c1ccccc1I. The maximum absolute atomic E-state index is 12.0. The van der Waals surface area contributed by atoms with E-state index in [9.17, 15) is 4.79 Å². The Morgan fingerprint density at radius 3 is 2.94 bits per heavy atom. The number of carbonyl (C=O) groups excluding carboxylic acids is 1. The average Bonchev–Trinajstić information content (AvgIpc) is 2.79. The number of hydrogen-bond donors (Lipinski definition) is 0. The van der Waals surface area contributed by atoms with Crippen molar-refractivity contribution in [2.24, 2.45) is 0 Å². The predicted molar refractivity (Wildman–Crippen MR) is 71.7 cm³/mol. The van der Waals surface area contributed by atoms with E-state index in [1.165, 1.54) is 0 Å². The lowest BCUT2D eigenvalue weighted by Gasteiger charge is -2.08. The fourth-order valence-corrected chi connectivity index (χ4v) is 2.67. The zero-order valence-electron chi connectivity index (χ0n) is 9.12. The number of hydrogen-bond acceptors (Lipinski definition) is 2. The maximum Gasteiger partial charge on any atom is 0.164 e. The van der Waals surface area contributed by atoms with Crippen molar-refractivity contribution < 1.29 is 9.53 Å². The highest BCUT2D eigenvalue weighted by Crippen LogP contribution is 2.20. The van der Waals surface area contributed by atoms with E-state index < -0.39 is 0 Å². The van der Waals surface area contributed by atoms with Gasteiger partial charge in [0.05, 0.1) is 6.10 Å². The Hall–Kier alpha value is -0.420. The lowest BCUT2D eigenvalue weighted by atomic mass is 10.0. The maximum atomic E-state index is 12.0. The summed E-state index contributed by atoms with van der Waals surface area (Å²) >= 11 is 2.21. The van der Waals surface area contributed by atoms with Crippen LogP contribution in [-0.2, 0) is 4.74 Å². The minimum Gasteiger partial charge on any atom is -0.378 e. The molecule has 1 fully saturated rings. The molecule has 1 unspecified atom stereocenters. The molecule has 0 amide bonds. The van der Waals surface area contributed by atoms with Gasteiger partial charge in [-0.05, 0) is 47.9 Å². The van der Waals surface area contributed by atoms with Crippen LogP contribution in [0.2, 0.25) is 0 Å². The molecule has 0 saturated carbocycles. The van der Waals surface area contributed by atoms with Gasteiger partial charge in [0.1, 0.15) is 0 Å². The van der Waals surface area contributed by atoms with Crippen molar-refractivity contribution >= 4 is 28.4 Å². The Morgan fingerprint density at radius 1 is 1.44 bits per heavy atom. The molecule has 0 N–H and O–H groups in total. The van der Waals surface area contributed by atoms with Crippen LogP contribution >= 0.6 is 22.6 Å². The second kappa shape index (κ2) is 5.77. The van der Waals surface area contributed by atoms with Crippen molar-refractivity contribution in [3.63, 3.8) is 0 Å². The molecular weight excluding hydrogens is 315 g/mol. The molecule has 0 aliphatic carbocycles. The van der Waals surface area contributed by atoms with Crippen molar-refractivity contribution in [3.8, 4) is 0 Å². The van der Waals surface area contributed by atoms with Crippen LogP contribution in [0.15, 0.2) is 24.3 Å². The van der Waals surface area contributed by atoms with Crippen molar-refractivity contribution in [3.05, 3.63) is 33.4 Å². The van der Waals surface area contributed by atoms with E-state index in [1.54, 1.807) is 0 Å². The van der Waals surface area contributed by atoms with Crippen molar-refractivity contribution in [1.82, 2.24) is 0 Å². The molecule has 0 aromatic heterocycles. The molecule has 2 rings (SSSR count). The number of halogens is 1. The highest BCUT2D eigenvalue weighted by Gasteiger charge is 2.17. The second-order valence-corrected chi connectivity index (χ2v) is 5.24. The predicted octanol–water partition coefficient (Wildman–Crippen LogP) is 3.43. The first-order valence-corrected chi connectivity index (χ1v) is 6.74. The summed E-state index contributed by atoms with van der Waals surface area (Å²) in [5.74, 6) is 0.237. The number of Topliss-reactive ketones (excluding diaryl/α,β-unsaturated/α-hetero) is 1. The van der Waals surface area contributed by atoms with Gasteiger partial charge in [-0.15, -0.1) is 0 Å². The van der Waals surface area contributed by atoms with Gasteiger partial charge in [0, 0.05) is 22.2 Å². The minimum atomic E-state index is 0.237. The summed E-state index contributed by atoms with van der Waals surface area (Å²) < 4.78 is 6.55.